The second kappa shape index (κ2) is 11.7. The molecule has 4 aliphatic rings. The fourth-order valence-corrected chi connectivity index (χ4v) is 6.65. The number of carbonyl (C=O) groups is 3. The number of amides is 3. The van der Waals surface area contributed by atoms with Crippen molar-refractivity contribution in [2.45, 2.75) is 51.2 Å². The Morgan fingerprint density at radius 3 is 2.40 bits per heavy atom. The number of aryl methyl sites for hydroxylation is 1. The normalized spacial score (nSPS) is 23.3. The molecular formula is C30H39FN6O6. The molecule has 0 radical (unpaired) electrons. The monoisotopic (exact) mass is 598 g/mol. The number of nitrogens with one attached hydrogen (secondary N) is 1. The van der Waals surface area contributed by atoms with Gasteiger partial charge in [-0.3, -0.25) is 28.6 Å². The van der Waals surface area contributed by atoms with Crippen LogP contribution in [0.5, 0.6) is 5.75 Å². The Labute approximate surface area is 249 Å². The summed E-state index contributed by atoms with van der Waals surface area (Å²) in [5.41, 5.74) is -1.67. The van der Waals surface area contributed by atoms with Gasteiger partial charge in [0, 0.05) is 59.3 Å². The number of fused-ring (bicyclic) bond motifs is 2. The Balaban J connectivity index is 1.55. The first-order chi connectivity index (χ1) is 20.4. The minimum atomic E-state index is -1.15. The Bertz CT molecular complexity index is 1490. The standard InChI is InChI=1S/C30H39FN6O6/c1-19-15-20(5-6-21(19)31)16-32-24(39)22-23(38)25(40)37-18-29(17-36-11-13-43-14-12-36)7-9-30(10-8-29,28(37)33-22)35(4)27(42)26(41)34(2)3/h5-6,15,38H,7-14,16-18H2,1-4H3,(H,32,39). The van der Waals surface area contributed by atoms with Crippen LogP contribution >= 0.6 is 0 Å². The molecule has 0 atom stereocenters. The van der Waals surface area contributed by atoms with Crippen molar-refractivity contribution in [3.8, 4) is 5.75 Å². The van der Waals surface area contributed by atoms with E-state index in [4.69, 9.17) is 4.74 Å². The van der Waals surface area contributed by atoms with Gasteiger partial charge >= 0.3 is 11.8 Å². The molecule has 1 aliphatic carbocycles. The number of hydrogen-bond acceptors (Lipinski definition) is 8. The third-order valence-corrected chi connectivity index (χ3v) is 9.28. The van der Waals surface area contributed by atoms with E-state index >= 15 is 0 Å². The lowest BCUT2D eigenvalue weighted by atomic mass is 9.67. The zero-order valence-corrected chi connectivity index (χ0v) is 25.1. The Hall–Kier alpha value is -3.84. The largest absolute Gasteiger partial charge is 0.501 e. The van der Waals surface area contributed by atoms with Gasteiger partial charge < -0.3 is 25.0 Å². The molecule has 2 fully saturated rings. The van der Waals surface area contributed by atoms with Crippen LogP contribution in [0.15, 0.2) is 23.0 Å². The second-order valence-electron chi connectivity index (χ2n) is 12.3. The molecule has 13 heteroatoms. The molecule has 1 saturated carbocycles. The van der Waals surface area contributed by atoms with Gasteiger partial charge in [-0.2, -0.15) is 0 Å². The van der Waals surface area contributed by atoms with Gasteiger partial charge in [-0.1, -0.05) is 12.1 Å². The van der Waals surface area contributed by atoms with E-state index in [2.05, 4.69) is 15.2 Å². The third kappa shape index (κ3) is 5.63. The van der Waals surface area contributed by atoms with Crippen molar-refractivity contribution in [2.24, 2.45) is 5.41 Å². The van der Waals surface area contributed by atoms with E-state index in [1.165, 1.54) is 47.6 Å². The maximum absolute atomic E-state index is 13.8. The minimum Gasteiger partial charge on any atom is -0.501 e. The van der Waals surface area contributed by atoms with Crippen LogP contribution in [0.25, 0.3) is 0 Å². The first kappa shape index (κ1) is 30.6. The van der Waals surface area contributed by atoms with E-state index in [9.17, 15) is 28.7 Å². The lowest BCUT2D eigenvalue weighted by Gasteiger charge is -2.47. The summed E-state index contributed by atoms with van der Waals surface area (Å²) in [5.74, 6) is -3.22. The Morgan fingerprint density at radius 1 is 1.09 bits per heavy atom. The summed E-state index contributed by atoms with van der Waals surface area (Å²) in [6.07, 6.45) is 2.14. The third-order valence-electron chi connectivity index (χ3n) is 9.28. The molecule has 0 unspecified atom stereocenters. The van der Waals surface area contributed by atoms with Crippen molar-refractivity contribution < 1.29 is 28.6 Å². The summed E-state index contributed by atoms with van der Waals surface area (Å²) in [7, 11) is 4.52. The molecule has 4 heterocycles. The number of hydrogen-bond donors (Lipinski definition) is 2. The average Bonchev–Trinajstić information content (AvgIpc) is 3.22. The van der Waals surface area contributed by atoms with E-state index in [1.54, 1.807) is 13.0 Å². The van der Waals surface area contributed by atoms with Crippen LogP contribution in [0.4, 0.5) is 4.39 Å². The SMILES string of the molecule is Cc1cc(CNC(=O)c2nc3n(c(=O)c2O)CC2(CN4CCOCC4)CCC3(N(C)C(=O)C(=O)N(C)C)CC2)ccc1F. The number of aromatic nitrogens is 2. The number of rotatable bonds is 6. The first-order valence-electron chi connectivity index (χ1n) is 14.5. The van der Waals surface area contributed by atoms with Gasteiger partial charge in [0.15, 0.2) is 5.69 Å². The van der Waals surface area contributed by atoms with Crippen molar-refractivity contribution >= 4 is 17.7 Å². The molecular weight excluding hydrogens is 559 g/mol. The number of ether oxygens (including phenoxy) is 1. The van der Waals surface area contributed by atoms with Gasteiger partial charge in [0.25, 0.3) is 11.5 Å². The number of aromatic hydroxyl groups is 1. The molecule has 1 saturated heterocycles. The Kier molecular flexibility index (Phi) is 8.32. The highest BCUT2D eigenvalue weighted by Gasteiger charge is 2.54. The highest BCUT2D eigenvalue weighted by molar-refractivity contribution is 6.34. The molecule has 12 nitrogen and oxygen atoms in total. The molecule has 3 amide bonds. The second-order valence-corrected chi connectivity index (χ2v) is 12.3. The van der Waals surface area contributed by atoms with Crippen molar-refractivity contribution in [1.82, 2.24) is 29.6 Å². The van der Waals surface area contributed by atoms with Crippen molar-refractivity contribution in [3.05, 3.63) is 57.0 Å². The smallest absolute Gasteiger partial charge is 0.312 e. The summed E-state index contributed by atoms with van der Waals surface area (Å²) >= 11 is 0. The molecule has 43 heavy (non-hydrogen) atoms. The van der Waals surface area contributed by atoms with Crippen LogP contribution < -0.4 is 10.9 Å². The lowest BCUT2D eigenvalue weighted by Crippen LogP contribution is -2.55. The van der Waals surface area contributed by atoms with Crippen LogP contribution in [0, 0.1) is 18.2 Å². The number of benzene rings is 1. The van der Waals surface area contributed by atoms with Gasteiger partial charge in [0.05, 0.1) is 13.2 Å². The van der Waals surface area contributed by atoms with Crippen molar-refractivity contribution in [1.29, 1.82) is 0 Å². The van der Waals surface area contributed by atoms with Crippen molar-refractivity contribution in [2.75, 3.05) is 54.0 Å². The van der Waals surface area contributed by atoms with E-state index in [1.807, 2.05) is 0 Å². The summed E-state index contributed by atoms with van der Waals surface area (Å²) in [5, 5.41) is 13.7. The zero-order valence-electron chi connectivity index (χ0n) is 25.1. The fraction of sp³-hybridized carbons (Fsp3) is 0.567. The topological polar surface area (TPSA) is 137 Å². The van der Waals surface area contributed by atoms with Gasteiger partial charge in [-0.15, -0.1) is 0 Å². The number of morpholine rings is 1. The molecule has 2 aromatic rings. The molecule has 2 N–H and O–H groups in total. The fourth-order valence-electron chi connectivity index (χ4n) is 6.65. The molecule has 6 rings (SSSR count). The van der Waals surface area contributed by atoms with Crippen LogP contribution in [-0.2, 0) is 33.0 Å². The van der Waals surface area contributed by atoms with Crippen molar-refractivity contribution in [3.63, 3.8) is 0 Å². The molecule has 232 valence electrons. The number of halogens is 1. The zero-order chi connectivity index (χ0) is 31.1. The van der Waals surface area contributed by atoms with E-state index in [0.29, 0.717) is 56.6 Å². The van der Waals surface area contributed by atoms with E-state index < -0.39 is 40.3 Å². The van der Waals surface area contributed by atoms with Crippen LogP contribution in [0.1, 0.15) is 53.1 Å². The number of carbonyl (C=O) groups excluding carboxylic acids is 3. The summed E-state index contributed by atoms with van der Waals surface area (Å²) in [6, 6.07) is 4.43. The van der Waals surface area contributed by atoms with E-state index in [-0.39, 0.29) is 30.1 Å². The van der Waals surface area contributed by atoms with Crippen LogP contribution in [0.2, 0.25) is 0 Å². The summed E-state index contributed by atoms with van der Waals surface area (Å²) < 4.78 is 20.6. The van der Waals surface area contributed by atoms with Crippen LogP contribution in [0.3, 0.4) is 0 Å². The molecule has 1 aromatic heterocycles. The minimum absolute atomic E-state index is 0.0169. The number of likely N-dealkylation sites (N-methyl/N-ethyl adjacent to an activating group) is 2. The van der Waals surface area contributed by atoms with Crippen LogP contribution in [-0.4, -0.2) is 101 Å². The summed E-state index contributed by atoms with van der Waals surface area (Å²) in [4.78, 5) is 62.8. The Morgan fingerprint density at radius 2 is 1.77 bits per heavy atom. The highest BCUT2D eigenvalue weighted by atomic mass is 19.1. The predicted octanol–water partition coefficient (Wildman–Crippen LogP) is 0.975. The molecule has 0 spiro atoms. The van der Waals surface area contributed by atoms with E-state index in [0.717, 1.165) is 13.1 Å². The molecule has 3 aliphatic heterocycles. The quantitative estimate of drug-likeness (QED) is 0.470. The highest BCUT2D eigenvalue weighted by Crippen LogP contribution is 2.52. The number of nitrogens with zero attached hydrogens (tertiary/aromatic N) is 5. The predicted molar refractivity (Wildman–Crippen MR) is 154 cm³/mol. The molecule has 1 aromatic carbocycles. The lowest BCUT2D eigenvalue weighted by molar-refractivity contribution is -0.155. The van der Waals surface area contributed by atoms with Gasteiger partial charge in [-0.25, -0.2) is 9.37 Å². The summed E-state index contributed by atoms with van der Waals surface area (Å²) in [6.45, 7) is 5.36. The maximum atomic E-state index is 13.8. The molecule has 2 bridgehead atoms. The maximum Gasteiger partial charge on any atom is 0.312 e. The van der Waals surface area contributed by atoms with Gasteiger partial charge in [0.2, 0.25) is 5.75 Å². The van der Waals surface area contributed by atoms with Gasteiger partial charge in [0.1, 0.15) is 17.2 Å². The average molecular weight is 599 g/mol. The first-order valence-corrected chi connectivity index (χ1v) is 14.5. The van der Waals surface area contributed by atoms with Gasteiger partial charge in [-0.05, 0) is 49.8 Å².